The summed E-state index contributed by atoms with van der Waals surface area (Å²) in [6.07, 6.45) is 1.54. The minimum Gasteiger partial charge on any atom is -0.497 e. The van der Waals surface area contributed by atoms with Gasteiger partial charge in [0.2, 0.25) is 0 Å². The molecule has 8 heteroatoms. The molecule has 0 aliphatic heterocycles. The fraction of sp³-hybridized carbons (Fsp3) is 0.0909. The van der Waals surface area contributed by atoms with Crippen molar-refractivity contribution in [2.45, 2.75) is 0 Å². The molecule has 0 bridgehead atoms. The molecule has 1 aromatic carbocycles. The van der Waals surface area contributed by atoms with Crippen LogP contribution in [0.5, 0.6) is 5.75 Å². The Bertz CT molecular complexity index is 656. The van der Waals surface area contributed by atoms with E-state index in [9.17, 15) is 4.79 Å². The van der Waals surface area contributed by atoms with Crippen molar-refractivity contribution in [3.05, 3.63) is 44.5 Å². The van der Waals surface area contributed by atoms with E-state index in [0.717, 1.165) is 22.6 Å². The number of benzene rings is 1. The van der Waals surface area contributed by atoms with Gasteiger partial charge in [0.1, 0.15) is 5.75 Å². The van der Waals surface area contributed by atoms with E-state index in [-0.39, 0.29) is 10.7 Å². The summed E-state index contributed by atoms with van der Waals surface area (Å²) in [4.78, 5) is 10.6. The number of rotatable bonds is 4. The molecule has 7 nitrogen and oxygen atoms in total. The van der Waals surface area contributed by atoms with Crippen molar-refractivity contribution in [2.24, 2.45) is 15.9 Å². The standard InChI is InChI=1S/C11H11N5O2S/c1-18-8-4-2-7(3-5-8)6-13-14-9(12)10-15-16-11(17)19-10/h2-6H,1H3,(H2,12,14)(H,16,17)/b13-6+. The quantitative estimate of drug-likeness (QED) is 0.484. The van der Waals surface area contributed by atoms with Crippen LogP contribution in [0.1, 0.15) is 10.6 Å². The summed E-state index contributed by atoms with van der Waals surface area (Å²) in [5.41, 5.74) is 6.48. The highest BCUT2D eigenvalue weighted by atomic mass is 32.1. The molecule has 0 amide bonds. The molecular weight excluding hydrogens is 266 g/mol. The lowest BCUT2D eigenvalue weighted by Gasteiger charge is -1.97. The Morgan fingerprint density at radius 2 is 2.21 bits per heavy atom. The van der Waals surface area contributed by atoms with Crippen molar-refractivity contribution < 1.29 is 4.74 Å². The van der Waals surface area contributed by atoms with Crippen LogP contribution in [0.25, 0.3) is 0 Å². The first-order valence-electron chi connectivity index (χ1n) is 5.25. The molecule has 2 aromatic rings. The van der Waals surface area contributed by atoms with Crippen LogP contribution in [0.15, 0.2) is 39.3 Å². The molecule has 0 aliphatic rings. The molecule has 2 rings (SSSR count). The number of amidine groups is 1. The second-order valence-corrected chi connectivity index (χ2v) is 4.38. The summed E-state index contributed by atoms with van der Waals surface area (Å²) in [6.45, 7) is 0. The van der Waals surface area contributed by atoms with Crippen LogP contribution >= 0.6 is 11.3 Å². The van der Waals surface area contributed by atoms with E-state index in [4.69, 9.17) is 10.5 Å². The normalized spacial score (nSPS) is 11.9. The Hall–Kier alpha value is -2.48. The summed E-state index contributed by atoms with van der Waals surface area (Å²) in [5, 5.41) is 13.9. The third kappa shape index (κ3) is 3.49. The Kier molecular flexibility index (Phi) is 4.04. The first-order valence-corrected chi connectivity index (χ1v) is 6.07. The molecule has 98 valence electrons. The zero-order valence-corrected chi connectivity index (χ0v) is 10.8. The van der Waals surface area contributed by atoms with Gasteiger partial charge in [0.15, 0.2) is 10.8 Å². The molecule has 3 N–H and O–H groups in total. The van der Waals surface area contributed by atoms with Gasteiger partial charge in [0.05, 0.1) is 13.3 Å². The summed E-state index contributed by atoms with van der Waals surface area (Å²) < 4.78 is 5.04. The number of H-pyrrole nitrogens is 1. The van der Waals surface area contributed by atoms with Crippen molar-refractivity contribution in [3.8, 4) is 5.75 Å². The van der Waals surface area contributed by atoms with Gasteiger partial charge in [0, 0.05) is 0 Å². The van der Waals surface area contributed by atoms with Crippen LogP contribution in [-0.2, 0) is 0 Å². The Morgan fingerprint density at radius 1 is 1.47 bits per heavy atom. The van der Waals surface area contributed by atoms with Crippen LogP contribution in [0.4, 0.5) is 0 Å². The number of nitrogens with zero attached hydrogens (tertiary/aromatic N) is 3. The predicted octanol–water partition coefficient (Wildman–Crippen LogP) is 0.579. The van der Waals surface area contributed by atoms with Gasteiger partial charge in [-0.3, -0.25) is 4.79 Å². The van der Waals surface area contributed by atoms with E-state index in [1.165, 1.54) is 0 Å². The average Bonchev–Trinajstić information content (AvgIpc) is 2.86. The second kappa shape index (κ2) is 5.91. The van der Waals surface area contributed by atoms with Crippen molar-refractivity contribution in [1.82, 2.24) is 10.2 Å². The Labute approximate surface area is 112 Å². The first-order chi connectivity index (χ1) is 9.19. The van der Waals surface area contributed by atoms with Crippen molar-refractivity contribution in [3.63, 3.8) is 0 Å². The Balaban J connectivity index is 2.07. The molecule has 0 unspecified atom stereocenters. The molecule has 1 heterocycles. The van der Waals surface area contributed by atoms with Crippen LogP contribution in [0.2, 0.25) is 0 Å². The molecule has 0 spiro atoms. The highest BCUT2D eigenvalue weighted by molar-refractivity contribution is 7.11. The SMILES string of the molecule is COc1ccc(/C=N/N=C(\N)c2n[nH]c(=O)s2)cc1. The van der Waals surface area contributed by atoms with Gasteiger partial charge < -0.3 is 10.5 Å². The van der Waals surface area contributed by atoms with E-state index in [1.54, 1.807) is 13.3 Å². The highest BCUT2D eigenvalue weighted by Crippen LogP contribution is 2.09. The summed E-state index contributed by atoms with van der Waals surface area (Å²) >= 11 is 0.879. The molecule has 0 atom stereocenters. The minimum absolute atomic E-state index is 0.0908. The maximum absolute atomic E-state index is 10.9. The predicted molar refractivity (Wildman–Crippen MR) is 74.0 cm³/mol. The van der Waals surface area contributed by atoms with Gasteiger partial charge in [-0.25, -0.2) is 5.10 Å². The number of aromatic nitrogens is 2. The fourth-order valence-corrected chi connectivity index (χ4v) is 1.73. The fourth-order valence-electron chi connectivity index (χ4n) is 1.23. The molecule has 1 aromatic heterocycles. The number of hydrogen-bond acceptors (Lipinski definition) is 6. The first kappa shape index (κ1) is 13.0. The number of methoxy groups -OCH3 is 1. The lowest BCUT2D eigenvalue weighted by molar-refractivity contribution is 0.415. The van der Waals surface area contributed by atoms with Crippen LogP contribution in [0, 0.1) is 0 Å². The number of ether oxygens (including phenoxy) is 1. The molecule has 0 saturated heterocycles. The van der Waals surface area contributed by atoms with Crippen molar-refractivity contribution in [2.75, 3.05) is 7.11 Å². The molecule has 0 saturated carbocycles. The van der Waals surface area contributed by atoms with Gasteiger partial charge in [-0.1, -0.05) is 0 Å². The number of hydrogen-bond donors (Lipinski definition) is 2. The molecule has 0 radical (unpaired) electrons. The van der Waals surface area contributed by atoms with E-state index in [1.807, 2.05) is 24.3 Å². The topological polar surface area (TPSA) is 106 Å². The minimum atomic E-state index is -0.285. The average molecular weight is 277 g/mol. The molecule has 0 aliphatic carbocycles. The van der Waals surface area contributed by atoms with E-state index in [0.29, 0.717) is 5.01 Å². The Morgan fingerprint density at radius 3 is 2.79 bits per heavy atom. The highest BCUT2D eigenvalue weighted by Gasteiger charge is 2.03. The third-order valence-electron chi connectivity index (χ3n) is 2.15. The van der Waals surface area contributed by atoms with Gasteiger partial charge in [-0.2, -0.15) is 10.2 Å². The zero-order chi connectivity index (χ0) is 13.7. The molecule has 0 fully saturated rings. The van der Waals surface area contributed by atoms with E-state index >= 15 is 0 Å². The maximum atomic E-state index is 10.9. The number of nitrogens with one attached hydrogen (secondary N) is 1. The second-order valence-electron chi connectivity index (χ2n) is 3.42. The van der Waals surface area contributed by atoms with E-state index < -0.39 is 0 Å². The van der Waals surface area contributed by atoms with Crippen LogP contribution in [0.3, 0.4) is 0 Å². The lowest BCUT2D eigenvalue weighted by Crippen LogP contribution is -2.12. The van der Waals surface area contributed by atoms with Gasteiger partial charge in [-0.05, 0) is 41.2 Å². The molecular formula is C11H11N5O2S. The number of aromatic amines is 1. The lowest BCUT2D eigenvalue weighted by atomic mass is 10.2. The third-order valence-corrected chi connectivity index (χ3v) is 2.92. The largest absolute Gasteiger partial charge is 0.497 e. The maximum Gasteiger partial charge on any atom is 0.322 e. The summed E-state index contributed by atoms with van der Waals surface area (Å²) in [6, 6.07) is 7.30. The summed E-state index contributed by atoms with van der Waals surface area (Å²) in [7, 11) is 1.60. The van der Waals surface area contributed by atoms with Gasteiger partial charge in [-0.15, -0.1) is 5.10 Å². The van der Waals surface area contributed by atoms with Gasteiger partial charge >= 0.3 is 4.87 Å². The smallest absolute Gasteiger partial charge is 0.322 e. The summed E-state index contributed by atoms with van der Waals surface area (Å²) in [5.74, 6) is 0.856. The number of nitrogens with two attached hydrogens (primary N) is 1. The van der Waals surface area contributed by atoms with Crippen molar-refractivity contribution >= 4 is 23.4 Å². The van der Waals surface area contributed by atoms with Crippen LogP contribution < -0.4 is 15.3 Å². The van der Waals surface area contributed by atoms with Gasteiger partial charge in [0.25, 0.3) is 0 Å². The van der Waals surface area contributed by atoms with Crippen LogP contribution in [-0.4, -0.2) is 29.4 Å². The van der Waals surface area contributed by atoms with E-state index in [2.05, 4.69) is 20.4 Å². The monoisotopic (exact) mass is 277 g/mol. The molecule has 19 heavy (non-hydrogen) atoms. The van der Waals surface area contributed by atoms with Crippen molar-refractivity contribution in [1.29, 1.82) is 0 Å². The zero-order valence-electron chi connectivity index (χ0n) is 10.0.